The summed E-state index contributed by atoms with van der Waals surface area (Å²) in [6.07, 6.45) is 4.12. The molecule has 5 fully saturated rings. The molecule has 2 saturated carbocycles. The number of rotatable bonds is 13. The van der Waals surface area contributed by atoms with E-state index in [1.54, 1.807) is 36.4 Å². The van der Waals surface area contributed by atoms with Gasteiger partial charge in [-0.2, -0.15) is 5.26 Å². The Hall–Kier alpha value is -5.65. The maximum atomic E-state index is 13.6. The van der Waals surface area contributed by atoms with Crippen LogP contribution in [0.2, 0.25) is 0 Å². The summed E-state index contributed by atoms with van der Waals surface area (Å²) in [7, 11) is 3.05. The second-order valence-electron chi connectivity index (χ2n) is 19.1. The van der Waals surface area contributed by atoms with Crippen LogP contribution in [-0.4, -0.2) is 105 Å². The van der Waals surface area contributed by atoms with Crippen LogP contribution in [0.1, 0.15) is 98.9 Å². The lowest BCUT2D eigenvalue weighted by Gasteiger charge is -2.63. The number of anilines is 1. The third kappa shape index (κ3) is 8.82. The van der Waals surface area contributed by atoms with Crippen LogP contribution in [0.15, 0.2) is 60.7 Å². The zero-order chi connectivity index (χ0) is 44.7. The first-order chi connectivity index (χ1) is 30.1. The molecule has 63 heavy (non-hydrogen) atoms. The van der Waals surface area contributed by atoms with Gasteiger partial charge in [-0.1, -0.05) is 27.7 Å². The average molecular weight is 862 g/mol. The predicted molar refractivity (Wildman–Crippen MR) is 234 cm³/mol. The second-order valence-corrected chi connectivity index (χ2v) is 19.1. The first-order valence-corrected chi connectivity index (χ1v) is 22.1. The molecule has 3 heterocycles. The summed E-state index contributed by atoms with van der Waals surface area (Å²) < 4.78 is 30.2. The van der Waals surface area contributed by atoms with Crippen molar-refractivity contribution in [2.24, 2.45) is 16.7 Å². The largest absolute Gasteiger partial charge is 0.496 e. The number of carbonyl (C=O) groups is 4. The van der Waals surface area contributed by atoms with Crippen molar-refractivity contribution in [2.45, 2.75) is 103 Å². The van der Waals surface area contributed by atoms with Crippen LogP contribution in [0, 0.1) is 28.1 Å². The van der Waals surface area contributed by atoms with E-state index in [-0.39, 0.29) is 65.1 Å². The molecule has 1 atom stereocenters. The van der Waals surface area contributed by atoms with Crippen molar-refractivity contribution < 1.29 is 42.9 Å². The summed E-state index contributed by atoms with van der Waals surface area (Å²) in [5.74, 6) is 0.593. The SMILES string of the molecule is COc1cc(OC2C(C)(C)C(NC(=O)c3ccc(N4CCC5(CC4)CN(C4CC(Oc6ccc(C(=O)C[C@H]7CCC(=O)NC7=O)c(OC)c6)C4)CCO5)cc3)C2(C)C)ccc1C#N. The maximum Gasteiger partial charge on any atom is 0.251 e. The number of Topliss-reactive ketones (excluding diaryl/α,β-unsaturated/α-hetero) is 1. The number of morpholine rings is 1. The molecule has 3 aromatic rings. The van der Waals surface area contributed by atoms with Gasteiger partial charge in [0.15, 0.2) is 5.78 Å². The van der Waals surface area contributed by atoms with Crippen LogP contribution in [0.3, 0.4) is 0 Å². The van der Waals surface area contributed by atoms with Gasteiger partial charge in [-0.05, 0) is 67.8 Å². The van der Waals surface area contributed by atoms with Gasteiger partial charge in [-0.3, -0.25) is 29.4 Å². The number of nitrogens with zero attached hydrogens (tertiary/aromatic N) is 3. The quantitative estimate of drug-likeness (QED) is 0.150. The van der Waals surface area contributed by atoms with Gasteiger partial charge in [0, 0.05) is 104 Å². The number of benzene rings is 3. The molecular weight excluding hydrogens is 803 g/mol. The number of hydrogen-bond donors (Lipinski definition) is 2. The van der Waals surface area contributed by atoms with E-state index >= 15 is 0 Å². The van der Waals surface area contributed by atoms with Gasteiger partial charge >= 0.3 is 0 Å². The molecule has 5 aliphatic rings. The van der Waals surface area contributed by atoms with Gasteiger partial charge in [0.05, 0.1) is 37.6 Å². The number of ketones is 1. The lowest BCUT2D eigenvalue weighted by molar-refractivity contribution is -0.164. The highest BCUT2D eigenvalue weighted by Crippen LogP contribution is 2.56. The fourth-order valence-electron chi connectivity index (χ4n) is 10.8. The Balaban J connectivity index is 0.793. The van der Waals surface area contributed by atoms with E-state index in [4.69, 9.17) is 23.7 Å². The number of imide groups is 1. The second kappa shape index (κ2) is 17.5. The van der Waals surface area contributed by atoms with Gasteiger partial charge in [0.1, 0.15) is 41.3 Å². The van der Waals surface area contributed by atoms with Gasteiger partial charge in [-0.25, -0.2) is 0 Å². The van der Waals surface area contributed by atoms with Gasteiger partial charge in [-0.15, -0.1) is 0 Å². The molecule has 2 N–H and O–H groups in total. The first-order valence-electron chi connectivity index (χ1n) is 22.1. The third-order valence-corrected chi connectivity index (χ3v) is 14.3. The van der Waals surface area contributed by atoms with E-state index in [0.717, 1.165) is 57.5 Å². The van der Waals surface area contributed by atoms with E-state index in [0.29, 0.717) is 58.8 Å². The summed E-state index contributed by atoms with van der Waals surface area (Å²) in [6.45, 7) is 12.6. The topological polar surface area (TPSA) is 169 Å². The minimum absolute atomic E-state index is 0.0186. The normalized spacial score (nSPS) is 26.0. The van der Waals surface area contributed by atoms with Crippen LogP contribution in [0.4, 0.5) is 5.69 Å². The van der Waals surface area contributed by atoms with E-state index < -0.39 is 11.8 Å². The van der Waals surface area contributed by atoms with Crippen LogP contribution < -0.4 is 34.5 Å². The molecule has 0 aromatic heterocycles. The fourth-order valence-corrected chi connectivity index (χ4v) is 10.8. The molecule has 14 nitrogen and oxygen atoms in total. The third-order valence-electron chi connectivity index (χ3n) is 14.3. The van der Waals surface area contributed by atoms with E-state index in [1.807, 2.05) is 24.3 Å². The van der Waals surface area contributed by atoms with Crippen molar-refractivity contribution in [3.63, 3.8) is 0 Å². The van der Waals surface area contributed by atoms with Crippen molar-refractivity contribution in [1.29, 1.82) is 5.26 Å². The number of amides is 3. The molecule has 0 radical (unpaired) electrons. The fraction of sp³-hybridized carbons (Fsp3) is 0.531. The highest BCUT2D eigenvalue weighted by atomic mass is 16.5. The van der Waals surface area contributed by atoms with Crippen molar-refractivity contribution in [3.05, 3.63) is 77.4 Å². The smallest absolute Gasteiger partial charge is 0.251 e. The number of nitriles is 1. The minimum Gasteiger partial charge on any atom is -0.496 e. The molecular formula is C49H59N5O9. The monoisotopic (exact) mass is 861 g/mol. The van der Waals surface area contributed by atoms with Crippen LogP contribution in [0.25, 0.3) is 0 Å². The molecule has 14 heteroatoms. The molecule has 0 unspecified atom stereocenters. The summed E-state index contributed by atoms with van der Waals surface area (Å²) in [5, 5.41) is 15.0. The zero-order valence-electron chi connectivity index (χ0n) is 37.2. The van der Waals surface area contributed by atoms with Crippen molar-refractivity contribution in [3.8, 4) is 29.1 Å². The Morgan fingerprint density at radius 1 is 0.889 bits per heavy atom. The van der Waals surface area contributed by atoms with Crippen molar-refractivity contribution in [2.75, 3.05) is 51.9 Å². The molecule has 3 saturated heterocycles. The number of carbonyl (C=O) groups excluding carboxylic acids is 4. The summed E-state index contributed by atoms with van der Waals surface area (Å²) in [4.78, 5) is 55.4. The average Bonchev–Trinajstić information content (AvgIpc) is 3.26. The van der Waals surface area contributed by atoms with Gasteiger partial charge in [0.2, 0.25) is 11.8 Å². The Kier molecular flexibility index (Phi) is 12.2. The van der Waals surface area contributed by atoms with Crippen LogP contribution in [-0.2, 0) is 14.3 Å². The van der Waals surface area contributed by atoms with E-state index in [2.05, 4.69) is 54.2 Å². The van der Waals surface area contributed by atoms with Gasteiger partial charge < -0.3 is 33.9 Å². The Labute approximate surface area is 369 Å². The first kappa shape index (κ1) is 44.0. The Bertz CT molecular complexity index is 2260. The highest BCUT2D eigenvalue weighted by Gasteiger charge is 2.64. The number of hydrogen-bond acceptors (Lipinski definition) is 12. The standard InChI is InChI=1S/C49H59N5O9/c1-47(2)45(48(3,4)46(47)63-36-13-9-32(28-50)40(26-36)59-5)52-43(57)30-7-11-33(12-8-30)53-19-17-49(18-20-53)29-54(21-22-61-49)34-24-37(25-34)62-35-14-15-38(41(27-35)60-6)39(55)23-31-10-16-42(56)51-44(31)58/h7-9,11-15,26-27,31,34,37,45-46H,10,16-25,29H2,1-6H3,(H,52,57)(H,51,56,58)/t31-,34?,37?,45?,46?/m1/s1. The Morgan fingerprint density at radius 2 is 1.56 bits per heavy atom. The van der Waals surface area contributed by atoms with E-state index in [1.165, 1.54) is 14.2 Å². The molecule has 3 amide bonds. The number of methoxy groups -OCH3 is 2. The van der Waals surface area contributed by atoms with Crippen molar-refractivity contribution >= 4 is 29.2 Å². The Morgan fingerprint density at radius 3 is 2.22 bits per heavy atom. The summed E-state index contributed by atoms with van der Waals surface area (Å²) >= 11 is 0. The van der Waals surface area contributed by atoms with Crippen LogP contribution >= 0.6 is 0 Å². The molecule has 3 aromatic carbocycles. The lowest BCUT2D eigenvalue weighted by Crippen LogP contribution is -2.74. The van der Waals surface area contributed by atoms with Gasteiger partial charge in [0.25, 0.3) is 5.91 Å². The number of ether oxygens (including phenoxy) is 5. The number of piperidine rings is 2. The zero-order valence-corrected chi connectivity index (χ0v) is 37.2. The molecule has 334 valence electrons. The number of nitrogens with one attached hydrogen (secondary N) is 2. The van der Waals surface area contributed by atoms with Crippen LogP contribution in [0.5, 0.6) is 23.0 Å². The molecule has 3 aliphatic heterocycles. The molecule has 0 bridgehead atoms. The molecule has 1 spiro atoms. The van der Waals surface area contributed by atoms with E-state index in [9.17, 15) is 24.4 Å². The summed E-state index contributed by atoms with van der Waals surface area (Å²) in [6, 6.07) is 20.8. The summed E-state index contributed by atoms with van der Waals surface area (Å²) in [5.41, 5.74) is 1.64. The predicted octanol–water partition coefficient (Wildman–Crippen LogP) is 6.09. The lowest BCUT2D eigenvalue weighted by atomic mass is 9.49. The maximum absolute atomic E-state index is 13.6. The minimum atomic E-state index is -0.528. The molecule has 8 rings (SSSR count). The van der Waals surface area contributed by atoms with Crippen molar-refractivity contribution in [1.82, 2.24) is 15.5 Å². The highest BCUT2D eigenvalue weighted by molar-refractivity contribution is 6.04. The molecule has 2 aliphatic carbocycles.